The van der Waals surface area contributed by atoms with E-state index >= 15 is 0 Å². The number of nitrogens with zero attached hydrogens (tertiary/aromatic N) is 2. The monoisotopic (exact) mass is 412 g/mol. The maximum absolute atomic E-state index is 12.2. The summed E-state index contributed by atoms with van der Waals surface area (Å²) in [6.45, 7) is 1.21. The van der Waals surface area contributed by atoms with Crippen molar-refractivity contribution in [2.24, 2.45) is 0 Å². The van der Waals surface area contributed by atoms with Crippen LogP contribution in [0.5, 0.6) is 0 Å². The van der Waals surface area contributed by atoms with Gasteiger partial charge in [-0.1, -0.05) is 36.4 Å². The Bertz CT molecular complexity index is 1050. The number of benzene rings is 2. The number of sulfonamides is 1. The SMILES string of the molecule is CNS(=O)(=O)c1ccc(CCC(=O)NCc2cccc(Cn3ccnc3)c2)cc1. The number of imidazole rings is 1. The number of carbonyl (C=O) groups is 1. The van der Waals surface area contributed by atoms with Crippen molar-refractivity contribution < 1.29 is 13.2 Å². The van der Waals surface area contributed by atoms with E-state index in [4.69, 9.17) is 0 Å². The number of hydrogen-bond donors (Lipinski definition) is 2. The van der Waals surface area contributed by atoms with Crippen LogP contribution >= 0.6 is 0 Å². The molecule has 0 aliphatic rings. The Morgan fingerprint density at radius 3 is 2.52 bits per heavy atom. The van der Waals surface area contributed by atoms with Crippen LogP contribution in [0, 0.1) is 0 Å². The van der Waals surface area contributed by atoms with E-state index in [-0.39, 0.29) is 10.8 Å². The molecule has 2 aromatic carbocycles. The van der Waals surface area contributed by atoms with E-state index in [1.807, 2.05) is 29.0 Å². The van der Waals surface area contributed by atoms with Crippen LogP contribution in [0.4, 0.5) is 0 Å². The molecule has 0 saturated carbocycles. The third-order valence-corrected chi connectivity index (χ3v) is 5.98. The Balaban J connectivity index is 1.48. The molecule has 2 N–H and O–H groups in total. The zero-order valence-corrected chi connectivity index (χ0v) is 17.0. The minimum absolute atomic E-state index is 0.0445. The summed E-state index contributed by atoms with van der Waals surface area (Å²) in [5.74, 6) is -0.0445. The van der Waals surface area contributed by atoms with Crippen LogP contribution in [-0.4, -0.2) is 30.9 Å². The van der Waals surface area contributed by atoms with Crippen molar-refractivity contribution in [3.63, 3.8) is 0 Å². The summed E-state index contributed by atoms with van der Waals surface area (Å²) in [6.07, 6.45) is 6.32. The van der Waals surface area contributed by atoms with Gasteiger partial charge in [0, 0.05) is 31.9 Å². The second-order valence-electron chi connectivity index (χ2n) is 6.68. The Morgan fingerprint density at radius 2 is 1.83 bits per heavy atom. The first kappa shape index (κ1) is 20.8. The van der Waals surface area contributed by atoms with Crippen molar-refractivity contribution in [2.75, 3.05) is 7.05 Å². The van der Waals surface area contributed by atoms with Gasteiger partial charge in [0.2, 0.25) is 15.9 Å². The normalized spacial score (nSPS) is 11.3. The van der Waals surface area contributed by atoms with E-state index in [0.29, 0.717) is 19.4 Å². The first-order valence-corrected chi connectivity index (χ1v) is 10.8. The second kappa shape index (κ2) is 9.49. The maximum Gasteiger partial charge on any atom is 0.240 e. The first-order valence-electron chi connectivity index (χ1n) is 9.29. The third kappa shape index (κ3) is 6.00. The standard InChI is InChI=1S/C21H24N4O3S/c1-22-29(27,28)20-8-5-17(6-9-20)7-10-21(26)24-14-18-3-2-4-19(13-18)15-25-12-11-23-16-25/h2-6,8-9,11-13,16,22H,7,10,14-15H2,1H3,(H,24,26). The zero-order chi connectivity index (χ0) is 20.7. The molecular weight excluding hydrogens is 388 g/mol. The summed E-state index contributed by atoms with van der Waals surface area (Å²) in [4.78, 5) is 16.4. The van der Waals surface area contributed by atoms with Gasteiger partial charge >= 0.3 is 0 Å². The van der Waals surface area contributed by atoms with E-state index < -0.39 is 10.0 Å². The van der Waals surface area contributed by atoms with Gasteiger partial charge in [-0.2, -0.15) is 0 Å². The lowest BCUT2D eigenvalue weighted by Gasteiger charge is -2.08. The predicted octanol–water partition coefficient (Wildman–Crippen LogP) is 2.09. The molecule has 0 aliphatic heterocycles. The molecule has 3 rings (SSSR count). The van der Waals surface area contributed by atoms with Crippen LogP contribution in [0.15, 0.2) is 72.1 Å². The predicted molar refractivity (Wildman–Crippen MR) is 111 cm³/mol. The number of aryl methyl sites for hydroxylation is 1. The number of carbonyl (C=O) groups excluding carboxylic acids is 1. The van der Waals surface area contributed by atoms with Crippen LogP contribution in [0.3, 0.4) is 0 Å². The van der Waals surface area contributed by atoms with Gasteiger partial charge in [0.25, 0.3) is 0 Å². The molecule has 8 heteroatoms. The molecule has 0 aliphatic carbocycles. The summed E-state index contributed by atoms with van der Waals surface area (Å²) in [7, 11) is -2.06. The average Bonchev–Trinajstić information content (AvgIpc) is 3.24. The summed E-state index contributed by atoms with van der Waals surface area (Å²) in [5.41, 5.74) is 3.10. The lowest BCUT2D eigenvalue weighted by Crippen LogP contribution is -2.23. The zero-order valence-electron chi connectivity index (χ0n) is 16.2. The van der Waals surface area contributed by atoms with Crippen molar-refractivity contribution in [3.8, 4) is 0 Å². The molecule has 1 heterocycles. The van der Waals surface area contributed by atoms with Gasteiger partial charge in [-0.05, 0) is 42.3 Å². The number of aromatic nitrogens is 2. The highest BCUT2D eigenvalue weighted by atomic mass is 32.2. The van der Waals surface area contributed by atoms with E-state index in [1.165, 1.54) is 7.05 Å². The molecule has 1 aromatic heterocycles. The molecule has 0 saturated heterocycles. The second-order valence-corrected chi connectivity index (χ2v) is 8.57. The molecule has 0 spiro atoms. The lowest BCUT2D eigenvalue weighted by atomic mass is 10.1. The molecule has 3 aromatic rings. The van der Waals surface area contributed by atoms with Gasteiger partial charge in [-0.3, -0.25) is 4.79 Å². The molecule has 0 bridgehead atoms. The van der Waals surface area contributed by atoms with E-state index in [9.17, 15) is 13.2 Å². The van der Waals surface area contributed by atoms with Gasteiger partial charge in [0.05, 0.1) is 11.2 Å². The number of rotatable bonds is 9. The Morgan fingerprint density at radius 1 is 1.07 bits per heavy atom. The average molecular weight is 413 g/mol. The van der Waals surface area contributed by atoms with Gasteiger partial charge in [0.1, 0.15) is 0 Å². The minimum Gasteiger partial charge on any atom is -0.352 e. The Labute approximate surface area is 170 Å². The summed E-state index contributed by atoms with van der Waals surface area (Å²) >= 11 is 0. The topological polar surface area (TPSA) is 93.1 Å². The van der Waals surface area contributed by atoms with Crippen molar-refractivity contribution in [2.45, 2.75) is 30.8 Å². The van der Waals surface area contributed by atoms with Crippen LogP contribution in [0.25, 0.3) is 0 Å². The number of nitrogens with one attached hydrogen (secondary N) is 2. The summed E-state index contributed by atoms with van der Waals surface area (Å²) in [6, 6.07) is 14.6. The smallest absolute Gasteiger partial charge is 0.240 e. The van der Waals surface area contributed by atoms with E-state index in [2.05, 4.69) is 21.1 Å². The highest BCUT2D eigenvalue weighted by molar-refractivity contribution is 7.89. The molecule has 152 valence electrons. The van der Waals surface area contributed by atoms with Gasteiger partial charge < -0.3 is 9.88 Å². The largest absolute Gasteiger partial charge is 0.352 e. The van der Waals surface area contributed by atoms with Crippen molar-refractivity contribution >= 4 is 15.9 Å². The number of amides is 1. The summed E-state index contributed by atoms with van der Waals surface area (Å²) < 4.78 is 27.7. The quantitative estimate of drug-likeness (QED) is 0.563. The fraction of sp³-hybridized carbons (Fsp3) is 0.238. The Hall–Kier alpha value is -2.97. The number of hydrogen-bond acceptors (Lipinski definition) is 4. The van der Waals surface area contributed by atoms with Gasteiger partial charge in [0.15, 0.2) is 0 Å². The summed E-state index contributed by atoms with van der Waals surface area (Å²) in [5, 5.41) is 2.94. The molecule has 7 nitrogen and oxygen atoms in total. The Kier molecular flexibility index (Phi) is 6.79. The van der Waals surface area contributed by atoms with Crippen molar-refractivity contribution in [1.82, 2.24) is 19.6 Å². The maximum atomic E-state index is 12.2. The third-order valence-electron chi connectivity index (χ3n) is 4.55. The van der Waals surface area contributed by atoms with E-state index in [1.54, 1.807) is 36.8 Å². The molecule has 0 atom stereocenters. The highest BCUT2D eigenvalue weighted by Crippen LogP contribution is 2.12. The fourth-order valence-corrected chi connectivity index (χ4v) is 3.66. The van der Waals surface area contributed by atoms with Crippen molar-refractivity contribution in [1.29, 1.82) is 0 Å². The molecule has 1 amide bonds. The van der Waals surface area contributed by atoms with Gasteiger partial charge in [-0.25, -0.2) is 18.1 Å². The molecule has 0 fully saturated rings. The lowest BCUT2D eigenvalue weighted by molar-refractivity contribution is -0.121. The van der Waals surface area contributed by atoms with Crippen LogP contribution in [0.2, 0.25) is 0 Å². The van der Waals surface area contributed by atoms with Crippen LogP contribution in [0.1, 0.15) is 23.1 Å². The molecule has 29 heavy (non-hydrogen) atoms. The van der Waals surface area contributed by atoms with Crippen LogP contribution < -0.4 is 10.0 Å². The van der Waals surface area contributed by atoms with Gasteiger partial charge in [-0.15, -0.1) is 0 Å². The first-order chi connectivity index (χ1) is 14.0. The highest BCUT2D eigenvalue weighted by Gasteiger charge is 2.10. The van der Waals surface area contributed by atoms with Crippen molar-refractivity contribution in [3.05, 3.63) is 83.9 Å². The molecular formula is C21H24N4O3S. The minimum atomic E-state index is -3.44. The molecule has 0 radical (unpaired) electrons. The molecule has 0 unspecified atom stereocenters. The fourth-order valence-electron chi connectivity index (χ4n) is 2.93. The van der Waals surface area contributed by atoms with E-state index in [0.717, 1.165) is 23.2 Å². The van der Waals surface area contributed by atoms with Crippen LogP contribution in [-0.2, 0) is 34.3 Å².